The van der Waals surface area contributed by atoms with Gasteiger partial charge in [0.2, 0.25) is 0 Å². The van der Waals surface area contributed by atoms with E-state index in [-0.39, 0.29) is 11.5 Å². The van der Waals surface area contributed by atoms with Crippen molar-refractivity contribution < 1.29 is 9.53 Å². The first kappa shape index (κ1) is 13.6. The number of hydrogen-bond acceptors (Lipinski definition) is 4. The zero-order valence-corrected chi connectivity index (χ0v) is 12.5. The monoisotopic (exact) mass is 323 g/mol. The minimum Gasteiger partial charge on any atom is -0.464 e. The maximum Gasteiger partial charge on any atom is 0.360 e. The van der Waals surface area contributed by atoms with E-state index in [0.29, 0.717) is 0 Å². The molecule has 1 aromatic carbocycles. The average molecular weight is 324 g/mol. The second-order valence-electron chi connectivity index (χ2n) is 4.25. The zero-order valence-electron chi connectivity index (χ0n) is 10.9. The summed E-state index contributed by atoms with van der Waals surface area (Å²) < 4.78 is 7.21. The highest BCUT2D eigenvalue weighted by atomic mass is 79.9. The van der Waals surface area contributed by atoms with E-state index in [1.165, 1.54) is 13.4 Å². The summed E-state index contributed by atoms with van der Waals surface area (Å²) in [5, 5.41) is 0. The molecule has 0 amide bonds. The predicted molar refractivity (Wildman–Crippen MR) is 76.5 cm³/mol. The predicted octanol–water partition coefficient (Wildman–Crippen LogP) is 2.62. The highest BCUT2D eigenvalue weighted by molar-refractivity contribution is 9.10. The number of anilines is 1. The van der Waals surface area contributed by atoms with Crippen LogP contribution in [0.1, 0.15) is 21.6 Å². The maximum atomic E-state index is 11.5. The van der Waals surface area contributed by atoms with Crippen molar-refractivity contribution in [1.29, 1.82) is 0 Å². The van der Waals surface area contributed by atoms with Gasteiger partial charge in [-0.3, -0.25) is 4.57 Å². The van der Waals surface area contributed by atoms with Gasteiger partial charge in [-0.05, 0) is 47.0 Å². The second kappa shape index (κ2) is 5.05. The summed E-state index contributed by atoms with van der Waals surface area (Å²) in [6, 6.07) is 4.02. The number of carbonyl (C=O) groups excluding carboxylic acids is 1. The minimum atomic E-state index is -0.544. The Balaban J connectivity index is 2.61. The summed E-state index contributed by atoms with van der Waals surface area (Å²) in [4.78, 5) is 15.5. The quantitative estimate of drug-likeness (QED) is 0.862. The molecule has 1 heterocycles. The summed E-state index contributed by atoms with van der Waals surface area (Å²) in [6.45, 7) is 3.99. The third-order valence-electron chi connectivity index (χ3n) is 2.82. The Morgan fingerprint density at radius 1 is 1.42 bits per heavy atom. The number of rotatable bonds is 2. The van der Waals surface area contributed by atoms with E-state index in [1.54, 1.807) is 4.57 Å². The van der Waals surface area contributed by atoms with Gasteiger partial charge in [0.1, 0.15) is 12.1 Å². The summed E-state index contributed by atoms with van der Waals surface area (Å²) in [5.41, 5.74) is 9.13. The van der Waals surface area contributed by atoms with Gasteiger partial charge in [-0.2, -0.15) is 0 Å². The number of esters is 1. The summed E-state index contributed by atoms with van der Waals surface area (Å²) >= 11 is 3.51. The van der Waals surface area contributed by atoms with E-state index in [9.17, 15) is 4.79 Å². The maximum absolute atomic E-state index is 11.5. The lowest BCUT2D eigenvalue weighted by Gasteiger charge is -2.12. The molecule has 0 saturated carbocycles. The Bertz CT molecular complexity index is 626. The Morgan fingerprint density at radius 2 is 2.11 bits per heavy atom. The number of imidazole rings is 1. The second-order valence-corrected chi connectivity index (χ2v) is 5.11. The molecule has 0 aliphatic carbocycles. The van der Waals surface area contributed by atoms with Gasteiger partial charge in [-0.1, -0.05) is 6.07 Å². The molecule has 0 spiro atoms. The fraction of sp³-hybridized carbons (Fsp3) is 0.231. The summed E-state index contributed by atoms with van der Waals surface area (Å²) in [6.07, 6.45) is 1.52. The van der Waals surface area contributed by atoms with E-state index in [4.69, 9.17) is 5.73 Å². The third kappa shape index (κ3) is 2.35. The van der Waals surface area contributed by atoms with Gasteiger partial charge in [0.25, 0.3) is 0 Å². The topological polar surface area (TPSA) is 70.1 Å². The highest BCUT2D eigenvalue weighted by Gasteiger charge is 2.19. The lowest BCUT2D eigenvalue weighted by Crippen LogP contribution is -2.08. The van der Waals surface area contributed by atoms with Gasteiger partial charge in [-0.15, -0.1) is 0 Å². The number of ether oxygens (including phenoxy) is 1. The van der Waals surface area contributed by atoms with Gasteiger partial charge < -0.3 is 10.5 Å². The number of aryl methyl sites for hydroxylation is 2. The van der Waals surface area contributed by atoms with Crippen molar-refractivity contribution in [2.24, 2.45) is 0 Å². The highest BCUT2D eigenvalue weighted by Crippen LogP contribution is 2.29. The number of nitrogen functional groups attached to an aromatic ring is 1. The molecular formula is C13H14BrN3O2. The number of hydrogen-bond donors (Lipinski definition) is 1. The van der Waals surface area contributed by atoms with Gasteiger partial charge >= 0.3 is 5.97 Å². The van der Waals surface area contributed by atoms with Crippen molar-refractivity contribution in [3.63, 3.8) is 0 Å². The fourth-order valence-corrected chi connectivity index (χ4v) is 2.87. The zero-order chi connectivity index (χ0) is 14.2. The van der Waals surface area contributed by atoms with Crippen LogP contribution in [-0.4, -0.2) is 22.6 Å². The molecule has 1 aromatic heterocycles. The number of aromatic nitrogens is 2. The number of nitrogens with zero attached hydrogens (tertiary/aromatic N) is 2. The van der Waals surface area contributed by atoms with Crippen LogP contribution in [0, 0.1) is 13.8 Å². The molecule has 0 bridgehead atoms. The standard InChI is InChI=1S/C13H14BrN3O2/c1-7-4-8(2)11(9(14)5-7)17-6-16-10(12(17)15)13(18)19-3/h4-6H,15H2,1-3H3. The number of carbonyl (C=O) groups is 1. The molecule has 2 aromatic rings. The van der Waals surface area contributed by atoms with E-state index >= 15 is 0 Å². The smallest absolute Gasteiger partial charge is 0.360 e. The average Bonchev–Trinajstić information content (AvgIpc) is 2.69. The van der Waals surface area contributed by atoms with Crippen LogP contribution >= 0.6 is 15.9 Å². The van der Waals surface area contributed by atoms with Crippen molar-refractivity contribution in [3.05, 3.63) is 39.8 Å². The van der Waals surface area contributed by atoms with Crippen molar-refractivity contribution in [3.8, 4) is 5.69 Å². The Hall–Kier alpha value is -1.82. The van der Waals surface area contributed by atoms with Crippen LogP contribution in [0.5, 0.6) is 0 Å². The lowest BCUT2D eigenvalue weighted by atomic mass is 10.1. The van der Waals surface area contributed by atoms with Crippen LogP contribution in [0.3, 0.4) is 0 Å². The number of nitrogens with two attached hydrogens (primary N) is 1. The van der Waals surface area contributed by atoms with Crippen LogP contribution in [0.15, 0.2) is 22.9 Å². The molecule has 0 atom stereocenters. The largest absolute Gasteiger partial charge is 0.464 e. The molecule has 0 aliphatic rings. The number of benzene rings is 1. The van der Waals surface area contributed by atoms with Crippen LogP contribution in [0.25, 0.3) is 5.69 Å². The number of methoxy groups -OCH3 is 1. The SMILES string of the molecule is COC(=O)c1ncn(-c2c(C)cc(C)cc2Br)c1N. The molecule has 0 radical (unpaired) electrons. The lowest BCUT2D eigenvalue weighted by molar-refractivity contribution is 0.0596. The molecule has 100 valence electrons. The fourth-order valence-electron chi connectivity index (χ4n) is 2.00. The first-order valence-corrected chi connectivity index (χ1v) is 6.43. The molecule has 0 fully saturated rings. The van der Waals surface area contributed by atoms with Crippen molar-refractivity contribution in [1.82, 2.24) is 9.55 Å². The van der Waals surface area contributed by atoms with E-state index in [0.717, 1.165) is 21.3 Å². The molecule has 19 heavy (non-hydrogen) atoms. The van der Waals surface area contributed by atoms with E-state index < -0.39 is 5.97 Å². The van der Waals surface area contributed by atoms with E-state index in [1.807, 2.05) is 26.0 Å². The van der Waals surface area contributed by atoms with Gasteiger partial charge in [0, 0.05) is 4.47 Å². The molecule has 0 unspecified atom stereocenters. The van der Waals surface area contributed by atoms with Crippen molar-refractivity contribution >= 4 is 27.7 Å². The summed E-state index contributed by atoms with van der Waals surface area (Å²) in [7, 11) is 1.30. The van der Waals surface area contributed by atoms with Gasteiger partial charge in [-0.25, -0.2) is 9.78 Å². The van der Waals surface area contributed by atoms with Gasteiger partial charge in [0.15, 0.2) is 5.69 Å². The van der Waals surface area contributed by atoms with Gasteiger partial charge in [0.05, 0.1) is 12.8 Å². The molecule has 0 saturated heterocycles. The molecule has 6 heteroatoms. The Morgan fingerprint density at radius 3 is 2.68 bits per heavy atom. The molecule has 0 aliphatic heterocycles. The Labute approximate surface area is 119 Å². The first-order chi connectivity index (χ1) is 8.95. The molecule has 5 nitrogen and oxygen atoms in total. The first-order valence-electron chi connectivity index (χ1n) is 5.64. The number of halogens is 1. The molecule has 2 N–H and O–H groups in total. The van der Waals surface area contributed by atoms with Crippen LogP contribution in [0.2, 0.25) is 0 Å². The normalized spacial score (nSPS) is 10.5. The van der Waals surface area contributed by atoms with Crippen LogP contribution in [0.4, 0.5) is 5.82 Å². The van der Waals surface area contributed by atoms with E-state index in [2.05, 4.69) is 25.7 Å². The third-order valence-corrected chi connectivity index (χ3v) is 3.43. The van der Waals surface area contributed by atoms with Crippen molar-refractivity contribution in [2.75, 3.05) is 12.8 Å². The minimum absolute atomic E-state index is 0.120. The molecule has 2 rings (SSSR count). The Kier molecular flexibility index (Phi) is 3.61. The van der Waals surface area contributed by atoms with Crippen molar-refractivity contribution in [2.45, 2.75) is 13.8 Å². The van der Waals surface area contributed by atoms with Crippen LogP contribution < -0.4 is 5.73 Å². The molecular weight excluding hydrogens is 310 g/mol. The van der Waals surface area contributed by atoms with Crippen LogP contribution in [-0.2, 0) is 4.74 Å². The summed E-state index contributed by atoms with van der Waals surface area (Å²) in [5.74, 6) is -0.281.